The van der Waals surface area contributed by atoms with Crippen LogP contribution in [0.2, 0.25) is 0 Å². The Balaban J connectivity index is 0.00000306. The van der Waals surface area contributed by atoms with Crippen LogP contribution in [-0.4, -0.2) is 59.3 Å². The van der Waals surface area contributed by atoms with E-state index in [1.165, 1.54) is 18.4 Å². The number of guanidine groups is 1. The fourth-order valence-corrected chi connectivity index (χ4v) is 4.84. The third kappa shape index (κ3) is 6.71. The zero-order valence-corrected chi connectivity index (χ0v) is 22.1. The van der Waals surface area contributed by atoms with Gasteiger partial charge in [-0.25, -0.2) is 4.68 Å². The average molecular weight is 565 g/mol. The number of carbonyl (C=O) groups is 1. The van der Waals surface area contributed by atoms with E-state index in [-0.39, 0.29) is 35.9 Å². The van der Waals surface area contributed by atoms with Gasteiger partial charge in [-0.15, -0.1) is 24.0 Å². The summed E-state index contributed by atoms with van der Waals surface area (Å²) in [7, 11) is 1.81. The van der Waals surface area contributed by atoms with Crippen molar-refractivity contribution < 1.29 is 4.79 Å². The summed E-state index contributed by atoms with van der Waals surface area (Å²) in [6.07, 6.45) is 9.63. The quantitative estimate of drug-likeness (QED) is 0.233. The minimum atomic E-state index is 0. The Hall–Kier alpha value is -2.10. The van der Waals surface area contributed by atoms with Crippen LogP contribution in [0.15, 0.2) is 41.5 Å². The predicted octanol–water partition coefficient (Wildman–Crippen LogP) is 3.69. The first kappa shape index (κ1) is 25.5. The minimum Gasteiger partial charge on any atom is -0.356 e. The van der Waals surface area contributed by atoms with E-state index in [9.17, 15) is 4.79 Å². The van der Waals surface area contributed by atoms with Gasteiger partial charge in [-0.3, -0.25) is 9.79 Å². The molecule has 2 aromatic rings. The van der Waals surface area contributed by atoms with Crippen LogP contribution in [-0.2, 0) is 11.2 Å². The zero-order chi connectivity index (χ0) is 22.3. The number of nitrogens with one attached hydrogen (secondary N) is 2. The van der Waals surface area contributed by atoms with E-state index < -0.39 is 0 Å². The lowest BCUT2D eigenvalue weighted by Gasteiger charge is -2.21. The lowest BCUT2D eigenvalue weighted by Crippen LogP contribution is -2.45. The molecule has 1 saturated carbocycles. The first-order valence-corrected chi connectivity index (χ1v) is 12.0. The number of aliphatic imine (C=N–C) groups is 1. The van der Waals surface area contributed by atoms with Crippen molar-refractivity contribution in [2.75, 3.05) is 26.7 Å². The van der Waals surface area contributed by atoms with Gasteiger partial charge in [0.25, 0.3) is 0 Å². The van der Waals surface area contributed by atoms with Crippen molar-refractivity contribution in [2.24, 2.45) is 10.9 Å². The van der Waals surface area contributed by atoms with Crippen LogP contribution >= 0.6 is 24.0 Å². The molecule has 1 aromatic carbocycles. The highest BCUT2D eigenvalue weighted by molar-refractivity contribution is 14.0. The highest BCUT2D eigenvalue weighted by Gasteiger charge is 2.32. The number of hydrogen-bond acceptors (Lipinski definition) is 3. The number of para-hydroxylation sites is 1. The lowest BCUT2D eigenvalue weighted by atomic mass is 10.1. The maximum Gasteiger partial charge on any atom is 0.225 e. The van der Waals surface area contributed by atoms with Gasteiger partial charge in [-0.05, 0) is 56.7 Å². The van der Waals surface area contributed by atoms with E-state index in [1.807, 2.05) is 27.8 Å². The number of nitrogens with zero attached hydrogens (tertiary/aromatic N) is 4. The molecule has 2 N–H and O–H groups in total. The summed E-state index contributed by atoms with van der Waals surface area (Å²) in [4.78, 5) is 19.1. The van der Waals surface area contributed by atoms with Crippen molar-refractivity contribution >= 4 is 35.8 Å². The summed E-state index contributed by atoms with van der Waals surface area (Å²) in [5.41, 5.74) is 3.44. The molecule has 1 atom stereocenters. The highest BCUT2D eigenvalue weighted by atomic mass is 127. The molecule has 0 bridgehead atoms. The number of hydrogen-bond donors (Lipinski definition) is 2. The third-order valence-electron chi connectivity index (χ3n) is 6.71. The molecule has 1 saturated heterocycles. The number of halogens is 1. The number of amides is 1. The third-order valence-corrected chi connectivity index (χ3v) is 6.71. The number of carbonyl (C=O) groups excluding carboxylic acids is 1. The Bertz CT molecular complexity index is 922. The van der Waals surface area contributed by atoms with Gasteiger partial charge >= 0.3 is 0 Å². The molecule has 0 radical (unpaired) electrons. The van der Waals surface area contributed by atoms with Crippen molar-refractivity contribution in [1.82, 2.24) is 25.3 Å². The predicted molar refractivity (Wildman–Crippen MR) is 143 cm³/mol. The molecule has 4 rings (SSSR count). The van der Waals surface area contributed by atoms with Gasteiger partial charge in [0.05, 0.1) is 11.4 Å². The Labute approximate surface area is 214 Å². The molecule has 1 amide bonds. The maximum absolute atomic E-state index is 12.7. The van der Waals surface area contributed by atoms with Gasteiger partial charge in [0.1, 0.15) is 0 Å². The second-order valence-corrected chi connectivity index (χ2v) is 9.02. The lowest BCUT2D eigenvalue weighted by molar-refractivity contribution is -0.134. The summed E-state index contributed by atoms with van der Waals surface area (Å²) in [6.45, 7) is 4.55. The van der Waals surface area contributed by atoms with E-state index in [1.54, 1.807) is 7.05 Å². The highest BCUT2D eigenvalue weighted by Crippen LogP contribution is 2.27. The molecule has 180 valence electrons. The molecular formula is C25H37IN6O. The molecule has 1 unspecified atom stereocenters. The van der Waals surface area contributed by atoms with Crippen molar-refractivity contribution in [2.45, 2.75) is 57.9 Å². The van der Waals surface area contributed by atoms with Crippen LogP contribution in [0.4, 0.5) is 0 Å². The molecule has 2 aliphatic rings. The molecule has 2 fully saturated rings. The van der Waals surface area contributed by atoms with E-state index in [0.29, 0.717) is 5.91 Å². The topological polar surface area (TPSA) is 74.6 Å². The van der Waals surface area contributed by atoms with Gasteiger partial charge in [-0.1, -0.05) is 31.0 Å². The smallest absolute Gasteiger partial charge is 0.225 e. The molecule has 33 heavy (non-hydrogen) atoms. The van der Waals surface area contributed by atoms with Crippen molar-refractivity contribution in [1.29, 1.82) is 0 Å². The zero-order valence-electron chi connectivity index (χ0n) is 19.8. The van der Waals surface area contributed by atoms with Crippen molar-refractivity contribution in [3.8, 4) is 5.69 Å². The Kier molecular flexibility index (Phi) is 9.58. The number of rotatable bonds is 7. The fourth-order valence-electron chi connectivity index (χ4n) is 4.84. The second kappa shape index (κ2) is 12.4. The second-order valence-electron chi connectivity index (χ2n) is 9.02. The molecule has 8 heteroatoms. The van der Waals surface area contributed by atoms with Gasteiger partial charge in [0.15, 0.2) is 5.96 Å². The largest absolute Gasteiger partial charge is 0.356 e. The Morgan fingerprint density at radius 1 is 1.18 bits per heavy atom. The van der Waals surface area contributed by atoms with Crippen LogP contribution in [0.5, 0.6) is 0 Å². The average Bonchev–Trinajstić information content (AvgIpc) is 3.58. The van der Waals surface area contributed by atoms with Crippen LogP contribution < -0.4 is 10.6 Å². The van der Waals surface area contributed by atoms with Crippen LogP contribution in [0.25, 0.3) is 5.69 Å². The normalized spacial score (nSPS) is 18.9. The molecule has 7 nitrogen and oxygen atoms in total. The molecule has 2 heterocycles. The summed E-state index contributed by atoms with van der Waals surface area (Å²) < 4.78 is 1.96. The molecule has 1 aliphatic heterocycles. The summed E-state index contributed by atoms with van der Waals surface area (Å²) >= 11 is 0. The summed E-state index contributed by atoms with van der Waals surface area (Å²) in [6, 6.07) is 10.5. The van der Waals surface area contributed by atoms with E-state index >= 15 is 0 Å². The first-order chi connectivity index (χ1) is 15.6. The van der Waals surface area contributed by atoms with Crippen LogP contribution in [0.3, 0.4) is 0 Å². The van der Waals surface area contributed by atoms with Gasteiger partial charge in [0.2, 0.25) is 5.91 Å². The SMILES string of the molecule is CN=C(NCCCc1cn(-c2ccccc2)nc1C)NC1CCN(C(=O)C2CCCC2)C1.I. The Morgan fingerprint density at radius 2 is 1.94 bits per heavy atom. The minimum absolute atomic E-state index is 0. The van der Waals surface area contributed by atoms with Gasteiger partial charge < -0.3 is 15.5 Å². The van der Waals surface area contributed by atoms with Crippen LogP contribution in [0.1, 0.15) is 49.8 Å². The Morgan fingerprint density at radius 3 is 2.67 bits per heavy atom. The van der Waals surface area contributed by atoms with Crippen molar-refractivity contribution in [3.63, 3.8) is 0 Å². The molecular weight excluding hydrogens is 527 g/mol. The first-order valence-electron chi connectivity index (χ1n) is 12.0. The number of likely N-dealkylation sites (tertiary alicyclic amines) is 1. The number of aromatic nitrogens is 2. The van der Waals surface area contributed by atoms with E-state index in [2.05, 4.69) is 46.0 Å². The van der Waals surface area contributed by atoms with Crippen molar-refractivity contribution in [3.05, 3.63) is 47.8 Å². The molecule has 1 aromatic heterocycles. The fraction of sp³-hybridized carbons (Fsp3) is 0.560. The maximum atomic E-state index is 12.7. The van der Waals surface area contributed by atoms with E-state index in [4.69, 9.17) is 0 Å². The van der Waals surface area contributed by atoms with E-state index in [0.717, 1.165) is 69.1 Å². The number of benzene rings is 1. The summed E-state index contributed by atoms with van der Waals surface area (Å²) in [5, 5.41) is 11.6. The molecule has 0 spiro atoms. The summed E-state index contributed by atoms with van der Waals surface area (Å²) in [5.74, 6) is 1.45. The van der Waals surface area contributed by atoms with Gasteiger partial charge in [0, 0.05) is 44.8 Å². The monoisotopic (exact) mass is 564 g/mol. The van der Waals surface area contributed by atoms with Gasteiger partial charge in [-0.2, -0.15) is 5.10 Å². The van der Waals surface area contributed by atoms with Crippen LogP contribution in [0, 0.1) is 12.8 Å². The number of aryl methyl sites for hydroxylation is 2. The standard InChI is InChI=1S/C25H36N6O.HI/c1-19-21(17-31(29-19)23-12-4-3-5-13-23)11-8-15-27-25(26-2)28-22-14-16-30(18-22)24(32)20-9-6-7-10-20;/h3-5,12-13,17,20,22H,6-11,14-16,18H2,1-2H3,(H2,26,27,28);1H. The molecule has 1 aliphatic carbocycles.